The van der Waals surface area contributed by atoms with Crippen molar-refractivity contribution in [1.29, 1.82) is 0 Å². The van der Waals surface area contributed by atoms with Crippen LogP contribution in [0.4, 0.5) is 10.5 Å². The Labute approximate surface area is 101 Å². The van der Waals surface area contributed by atoms with E-state index in [0.717, 1.165) is 11.8 Å². The predicted molar refractivity (Wildman–Crippen MR) is 66.1 cm³/mol. The Kier molecular flexibility index (Phi) is 4.26. The van der Waals surface area contributed by atoms with Crippen LogP contribution >= 0.6 is 0 Å². The van der Waals surface area contributed by atoms with Gasteiger partial charge in [-0.3, -0.25) is 5.32 Å². The molecule has 1 aromatic rings. The summed E-state index contributed by atoms with van der Waals surface area (Å²) in [6.07, 6.45) is 0.553. The lowest BCUT2D eigenvalue weighted by Gasteiger charge is -2.20. The largest absolute Gasteiger partial charge is 0.444 e. The molecule has 92 valence electrons. The smallest absolute Gasteiger partial charge is 0.412 e. The van der Waals surface area contributed by atoms with Crippen molar-refractivity contribution in [1.82, 2.24) is 0 Å². The number of carbonyl (C=O) groups excluding carboxylic acids is 2. The molecule has 4 nitrogen and oxygen atoms in total. The highest BCUT2D eigenvalue weighted by atomic mass is 16.6. The zero-order valence-corrected chi connectivity index (χ0v) is 10.3. The van der Waals surface area contributed by atoms with Gasteiger partial charge in [0.25, 0.3) is 0 Å². The summed E-state index contributed by atoms with van der Waals surface area (Å²) >= 11 is 0. The van der Waals surface area contributed by atoms with Crippen LogP contribution in [-0.2, 0) is 16.0 Å². The Bertz CT molecular complexity index is 407. The maximum atomic E-state index is 11.6. The lowest BCUT2D eigenvalue weighted by atomic mass is 10.1. The molecule has 4 heteroatoms. The van der Waals surface area contributed by atoms with Crippen LogP contribution in [0.2, 0.25) is 0 Å². The average molecular weight is 235 g/mol. The molecule has 0 aromatic heterocycles. The molecule has 0 aliphatic rings. The molecule has 0 aliphatic heterocycles. The molecule has 0 unspecified atom stereocenters. The molecular formula is C13H17NO3. The lowest BCUT2D eigenvalue weighted by molar-refractivity contribution is -0.107. The van der Waals surface area contributed by atoms with Gasteiger partial charge in [-0.1, -0.05) is 18.2 Å². The van der Waals surface area contributed by atoms with Crippen LogP contribution in [-0.4, -0.2) is 18.0 Å². The van der Waals surface area contributed by atoms with Crippen molar-refractivity contribution >= 4 is 18.1 Å². The molecule has 17 heavy (non-hydrogen) atoms. The summed E-state index contributed by atoms with van der Waals surface area (Å²) < 4.78 is 5.14. The van der Waals surface area contributed by atoms with Crippen LogP contribution in [0.15, 0.2) is 24.3 Å². The summed E-state index contributed by atoms with van der Waals surface area (Å²) in [7, 11) is 0. The molecular weight excluding hydrogens is 218 g/mol. The minimum atomic E-state index is -0.538. The maximum absolute atomic E-state index is 11.6. The van der Waals surface area contributed by atoms with E-state index in [4.69, 9.17) is 4.74 Å². The summed E-state index contributed by atoms with van der Waals surface area (Å²) in [5, 5.41) is 2.63. The van der Waals surface area contributed by atoms with Gasteiger partial charge < -0.3 is 9.53 Å². The summed E-state index contributed by atoms with van der Waals surface area (Å²) in [5.41, 5.74) is 0.839. The third-order valence-corrected chi connectivity index (χ3v) is 1.96. The van der Waals surface area contributed by atoms with E-state index in [1.165, 1.54) is 0 Å². The highest BCUT2D eigenvalue weighted by molar-refractivity contribution is 5.86. The van der Waals surface area contributed by atoms with Gasteiger partial charge in [0.1, 0.15) is 11.9 Å². The zero-order chi connectivity index (χ0) is 12.9. The molecule has 0 atom stereocenters. The van der Waals surface area contributed by atoms with E-state index in [0.29, 0.717) is 5.69 Å². The Morgan fingerprint density at radius 2 is 2.00 bits per heavy atom. The van der Waals surface area contributed by atoms with Crippen LogP contribution in [0.1, 0.15) is 26.3 Å². The van der Waals surface area contributed by atoms with E-state index in [-0.39, 0.29) is 6.42 Å². The number of aldehydes is 1. The van der Waals surface area contributed by atoms with Crippen LogP contribution < -0.4 is 5.32 Å². The minimum absolute atomic E-state index is 0.270. The molecule has 0 heterocycles. The number of hydrogen-bond donors (Lipinski definition) is 1. The van der Waals surface area contributed by atoms with Crippen molar-refractivity contribution in [3.05, 3.63) is 29.8 Å². The van der Waals surface area contributed by atoms with Gasteiger partial charge in [0.05, 0.1) is 0 Å². The van der Waals surface area contributed by atoms with Gasteiger partial charge in [-0.25, -0.2) is 4.79 Å². The number of nitrogens with one attached hydrogen (secondary N) is 1. The van der Waals surface area contributed by atoms with Gasteiger partial charge in [-0.15, -0.1) is 0 Å². The lowest BCUT2D eigenvalue weighted by Crippen LogP contribution is -2.27. The summed E-state index contributed by atoms with van der Waals surface area (Å²) in [6, 6.07) is 7.14. The molecule has 0 saturated carbocycles. The normalized spacial score (nSPS) is 10.8. The maximum Gasteiger partial charge on any atom is 0.412 e. The van der Waals surface area contributed by atoms with Gasteiger partial charge in [0, 0.05) is 12.1 Å². The number of para-hydroxylation sites is 1. The van der Waals surface area contributed by atoms with Crippen LogP contribution in [0.25, 0.3) is 0 Å². The highest BCUT2D eigenvalue weighted by Gasteiger charge is 2.16. The van der Waals surface area contributed by atoms with E-state index < -0.39 is 11.7 Å². The van der Waals surface area contributed by atoms with Crippen LogP contribution in [0.5, 0.6) is 0 Å². The van der Waals surface area contributed by atoms with Gasteiger partial charge in [-0.2, -0.15) is 0 Å². The van der Waals surface area contributed by atoms with Gasteiger partial charge >= 0.3 is 6.09 Å². The Balaban J connectivity index is 2.74. The fraction of sp³-hybridized carbons (Fsp3) is 0.385. The van der Waals surface area contributed by atoms with Crippen LogP contribution in [0, 0.1) is 0 Å². The Morgan fingerprint density at radius 1 is 1.35 bits per heavy atom. The number of anilines is 1. The van der Waals surface area contributed by atoms with Crippen molar-refractivity contribution in [3.8, 4) is 0 Å². The number of benzene rings is 1. The number of rotatable bonds is 3. The fourth-order valence-corrected chi connectivity index (χ4v) is 1.32. The molecule has 0 aliphatic carbocycles. The first kappa shape index (κ1) is 13.2. The molecule has 0 spiro atoms. The van der Waals surface area contributed by atoms with Crippen LogP contribution in [0.3, 0.4) is 0 Å². The molecule has 0 radical (unpaired) electrons. The first-order chi connectivity index (χ1) is 7.92. The number of amides is 1. The molecule has 0 fully saturated rings. The molecule has 0 saturated heterocycles. The number of carbonyl (C=O) groups is 2. The summed E-state index contributed by atoms with van der Waals surface area (Å²) in [4.78, 5) is 22.1. The van der Waals surface area contributed by atoms with Crippen molar-refractivity contribution in [2.45, 2.75) is 32.8 Å². The Morgan fingerprint density at radius 3 is 2.59 bits per heavy atom. The second kappa shape index (κ2) is 5.48. The summed E-state index contributed by atoms with van der Waals surface area (Å²) in [6.45, 7) is 5.39. The zero-order valence-electron chi connectivity index (χ0n) is 10.3. The standard InChI is InChI=1S/C13H17NO3/c1-13(2,3)17-12(16)14-11-7-5-4-6-10(11)8-9-15/h4-7,9H,8H2,1-3H3,(H,14,16). The first-order valence-electron chi connectivity index (χ1n) is 5.44. The van der Waals surface area contributed by atoms with Gasteiger partial charge in [0.2, 0.25) is 0 Å². The van der Waals surface area contributed by atoms with Crippen molar-refractivity contribution in [2.75, 3.05) is 5.32 Å². The number of hydrogen-bond acceptors (Lipinski definition) is 3. The molecule has 1 aromatic carbocycles. The van der Waals surface area contributed by atoms with Gasteiger partial charge in [0.15, 0.2) is 0 Å². The monoisotopic (exact) mass is 235 g/mol. The van der Waals surface area contributed by atoms with Crippen molar-refractivity contribution < 1.29 is 14.3 Å². The number of ether oxygens (including phenoxy) is 1. The highest BCUT2D eigenvalue weighted by Crippen LogP contribution is 2.16. The quantitative estimate of drug-likeness (QED) is 0.819. The van der Waals surface area contributed by atoms with E-state index in [9.17, 15) is 9.59 Å². The second-order valence-corrected chi connectivity index (χ2v) is 4.65. The molecule has 1 amide bonds. The van der Waals surface area contributed by atoms with Crippen molar-refractivity contribution in [3.63, 3.8) is 0 Å². The van der Waals surface area contributed by atoms with E-state index in [1.54, 1.807) is 39.0 Å². The summed E-state index contributed by atoms with van der Waals surface area (Å²) in [5.74, 6) is 0. The van der Waals surface area contributed by atoms with Crippen molar-refractivity contribution in [2.24, 2.45) is 0 Å². The third-order valence-electron chi connectivity index (χ3n) is 1.96. The first-order valence-corrected chi connectivity index (χ1v) is 5.44. The fourth-order valence-electron chi connectivity index (χ4n) is 1.32. The average Bonchev–Trinajstić information content (AvgIpc) is 2.18. The predicted octanol–water partition coefficient (Wildman–Crippen LogP) is 2.78. The van der Waals surface area contributed by atoms with E-state index >= 15 is 0 Å². The molecule has 1 rings (SSSR count). The van der Waals surface area contributed by atoms with Gasteiger partial charge in [-0.05, 0) is 32.4 Å². The topological polar surface area (TPSA) is 55.4 Å². The third kappa shape index (κ3) is 4.68. The molecule has 0 bridgehead atoms. The second-order valence-electron chi connectivity index (χ2n) is 4.65. The molecule has 1 N–H and O–H groups in total. The minimum Gasteiger partial charge on any atom is -0.444 e. The van der Waals surface area contributed by atoms with E-state index in [1.807, 2.05) is 6.07 Å². The van der Waals surface area contributed by atoms with E-state index in [2.05, 4.69) is 5.32 Å². The SMILES string of the molecule is CC(C)(C)OC(=O)Nc1ccccc1CC=O. The Hall–Kier alpha value is -1.84.